The minimum absolute atomic E-state index is 0.0653. The number of carbonyl (C=O) groups is 2. The highest BCUT2D eigenvalue weighted by molar-refractivity contribution is 9.10. The first kappa shape index (κ1) is 25.0. The average molecular weight is 528 g/mol. The molecule has 0 aliphatic carbocycles. The summed E-state index contributed by atoms with van der Waals surface area (Å²) in [5.74, 6) is 0.642. The van der Waals surface area contributed by atoms with Gasteiger partial charge in [-0.25, -0.2) is 4.68 Å². The van der Waals surface area contributed by atoms with Crippen molar-refractivity contribution in [3.05, 3.63) is 70.0 Å². The number of anilines is 1. The van der Waals surface area contributed by atoms with Crippen LogP contribution < -0.4 is 20.1 Å². The number of hydrogen-bond donors (Lipinski definition) is 2. The van der Waals surface area contributed by atoms with Crippen LogP contribution in [0.4, 0.5) is 5.69 Å². The van der Waals surface area contributed by atoms with Gasteiger partial charge in [-0.3, -0.25) is 9.59 Å². The molecule has 1 aromatic heterocycles. The molecular formula is C24H26BrN5O4. The molecule has 0 fully saturated rings. The lowest BCUT2D eigenvalue weighted by Crippen LogP contribution is -2.30. The molecule has 0 saturated carbocycles. The number of rotatable bonds is 10. The fourth-order valence-corrected chi connectivity index (χ4v) is 3.48. The van der Waals surface area contributed by atoms with Crippen molar-refractivity contribution in [2.45, 2.75) is 19.9 Å². The van der Waals surface area contributed by atoms with E-state index < -0.39 is 5.91 Å². The second-order valence-electron chi connectivity index (χ2n) is 7.23. The third-order valence-corrected chi connectivity index (χ3v) is 5.42. The topological polar surface area (TPSA) is 107 Å². The molecule has 0 unspecified atom stereocenters. The lowest BCUT2D eigenvalue weighted by atomic mass is 10.1. The molecule has 0 spiro atoms. The third kappa shape index (κ3) is 6.44. The smallest absolute Gasteiger partial charge is 0.278 e. The number of benzene rings is 2. The first-order valence-corrected chi connectivity index (χ1v) is 11.3. The van der Waals surface area contributed by atoms with Crippen LogP contribution in [0.5, 0.6) is 11.5 Å². The van der Waals surface area contributed by atoms with Gasteiger partial charge in [0, 0.05) is 16.7 Å². The van der Waals surface area contributed by atoms with Gasteiger partial charge in [-0.05, 0) is 61.4 Å². The highest BCUT2D eigenvalue weighted by Crippen LogP contribution is 2.27. The minimum atomic E-state index is -0.407. The Hall–Kier alpha value is -3.66. The van der Waals surface area contributed by atoms with Crippen LogP contribution in [0.3, 0.4) is 0 Å². The van der Waals surface area contributed by atoms with Crippen molar-refractivity contribution in [1.82, 2.24) is 20.3 Å². The number of hydrogen-bond acceptors (Lipinski definition) is 6. The van der Waals surface area contributed by atoms with Crippen LogP contribution in [-0.4, -0.2) is 47.6 Å². The van der Waals surface area contributed by atoms with Gasteiger partial charge in [0.05, 0.1) is 19.9 Å². The molecule has 0 radical (unpaired) electrons. The molecule has 3 aromatic rings. The van der Waals surface area contributed by atoms with E-state index in [-0.39, 0.29) is 18.1 Å². The highest BCUT2D eigenvalue weighted by Gasteiger charge is 2.19. The first-order chi connectivity index (χ1) is 16.4. The van der Waals surface area contributed by atoms with Gasteiger partial charge in [-0.15, -0.1) is 5.10 Å². The zero-order valence-corrected chi connectivity index (χ0v) is 20.8. The van der Waals surface area contributed by atoms with E-state index in [0.29, 0.717) is 35.8 Å². The first-order valence-electron chi connectivity index (χ1n) is 10.6. The Bertz CT molecular complexity index is 1170. The number of nitrogens with one attached hydrogen (secondary N) is 2. The molecule has 2 aromatic carbocycles. The lowest BCUT2D eigenvalue weighted by molar-refractivity contribution is -0.121. The van der Waals surface area contributed by atoms with Crippen molar-refractivity contribution in [3.63, 3.8) is 0 Å². The van der Waals surface area contributed by atoms with E-state index in [4.69, 9.17) is 9.47 Å². The van der Waals surface area contributed by atoms with Gasteiger partial charge in [0.2, 0.25) is 5.91 Å². The maximum Gasteiger partial charge on any atom is 0.278 e. The Morgan fingerprint density at radius 2 is 1.82 bits per heavy atom. The van der Waals surface area contributed by atoms with Gasteiger partial charge < -0.3 is 20.1 Å². The second-order valence-corrected chi connectivity index (χ2v) is 8.15. The molecule has 9 nitrogen and oxygen atoms in total. The van der Waals surface area contributed by atoms with E-state index in [2.05, 4.69) is 36.9 Å². The quantitative estimate of drug-likeness (QED) is 0.416. The van der Waals surface area contributed by atoms with Crippen LogP contribution in [0.15, 0.2) is 53.0 Å². The summed E-state index contributed by atoms with van der Waals surface area (Å²) in [5.41, 5.74) is 2.22. The summed E-state index contributed by atoms with van der Waals surface area (Å²) >= 11 is 3.36. The maximum atomic E-state index is 12.7. The van der Waals surface area contributed by atoms with E-state index >= 15 is 0 Å². The molecule has 2 N–H and O–H groups in total. The van der Waals surface area contributed by atoms with Crippen molar-refractivity contribution in [1.29, 1.82) is 0 Å². The molecule has 2 amide bonds. The molecule has 0 aliphatic rings. The molecule has 1 heterocycles. The molecule has 34 heavy (non-hydrogen) atoms. The van der Waals surface area contributed by atoms with Gasteiger partial charge in [0.25, 0.3) is 5.91 Å². The summed E-state index contributed by atoms with van der Waals surface area (Å²) in [6.07, 6.45) is 4.08. The van der Waals surface area contributed by atoms with Gasteiger partial charge in [0.15, 0.2) is 17.2 Å². The Morgan fingerprint density at radius 1 is 1.09 bits per heavy atom. The number of allylic oxidation sites excluding steroid dienone is 1. The van der Waals surface area contributed by atoms with E-state index in [1.54, 1.807) is 38.5 Å². The molecule has 0 aliphatic heterocycles. The van der Waals surface area contributed by atoms with Gasteiger partial charge in [0.1, 0.15) is 6.54 Å². The lowest BCUT2D eigenvalue weighted by Gasteiger charge is -2.10. The fourth-order valence-electron chi connectivity index (χ4n) is 3.22. The predicted molar refractivity (Wildman–Crippen MR) is 133 cm³/mol. The molecule has 178 valence electrons. The number of aromatic nitrogens is 3. The van der Waals surface area contributed by atoms with E-state index in [0.717, 1.165) is 10.0 Å². The van der Waals surface area contributed by atoms with Crippen LogP contribution >= 0.6 is 15.9 Å². The predicted octanol–water partition coefficient (Wildman–Crippen LogP) is 3.70. The largest absolute Gasteiger partial charge is 0.493 e. The van der Waals surface area contributed by atoms with Crippen molar-refractivity contribution in [2.75, 3.05) is 26.1 Å². The van der Waals surface area contributed by atoms with Crippen molar-refractivity contribution >= 4 is 39.5 Å². The SMILES string of the molecule is CC=Cc1c(C(=O)Nc2ccc(Br)cc2)nnn1CC(=O)NCCc1ccc(OC)c(OC)c1. The molecular weight excluding hydrogens is 502 g/mol. The zero-order chi connectivity index (χ0) is 24.5. The molecule has 0 bridgehead atoms. The number of carbonyl (C=O) groups excluding carboxylic acids is 2. The number of halogens is 1. The zero-order valence-electron chi connectivity index (χ0n) is 19.2. The maximum absolute atomic E-state index is 12.7. The summed E-state index contributed by atoms with van der Waals surface area (Å²) in [7, 11) is 3.16. The summed E-state index contributed by atoms with van der Waals surface area (Å²) in [6.45, 7) is 2.18. The van der Waals surface area contributed by atoms with Gasteiger partial charge >= 0.3 is 0 Å². The standard InChI is InChI=1S/C24H26BrN5O4/c1-4-5-19-23(24(32)27-18-9-7-17(25)8-10-18)28-29-30(19)15-22(31)26-13-12-16-6-11-20(33-2)21(14-16)34-3/h4-11,14H,12-13,15H2,1-3H3,(H,26,31)(H,27,32). The number of methoxy groups -OCH3 is 2. The minimum Gasteiger partial charge on any atom is -0.493 e. The fraction of sp³-hybridized carbons (Fsp3) is 0.250. The van der Waals surface area contributed by atoms with E-state index in [1.165, 1.54) is 4.68 Å². The van der Waals surface area contributed by atoms with Crippen LogP contribution in [0.2, 0.25) is 0 Å². The Balaban J connectivity index is 1.61. The van der Waals surface area contributed by atoms with Gasteiger partial charge in [-0.1, -0.05) is 33.3 Å². The summed E-state index contributed by atoms with van der Waals surface area (Å²) < 4.78 is 12.9. The Morgan fingerprint density at radius 3 is 2.50 bits per heavy atom. The summed E-state index contributed by atoms with van der Waals surface area (Å²) in [4.78, 5) is 25.2. The van der Waals surface area contributed by atoms with E-state index in [1.807, 2.05) is 37.3 Å². The third-order valence-electron chi connectivity index (χ3n) is 4.89. The molecule has 10 heteroatoms. The number of amides is 2. The van der Waals surface area contributed by atoms with Crippen molar-refractivity contribution < 1.29 is 19.1 Å². The van der Waals surface area contributed by atoms with Crippen LogP contribution in [0.25, 0.3) is 6.08 Å². The van der Waals surface area contributed by atoms with Crippen LogP contribution in [-0.2, 0) is 17.8 Å². The Kier molecular flexibility index (Phi) is 8.80. The van der Waals surface area contributed by atoms with E-state index in [9.17, 15) is 9.59 Å². The van der Waals surface area contributed by atoms with Crippen LogP contribution in [0, 0.1) is 0 Å². The highest BCUT2D eigenvalue weighted by atomic mass is 79.9. The van der Waals surface area contributed by atoms with Crippen LogP contribution in [0.1, 0.15) is 28.7 Å². The molecule has 3 rings (SSSR count). The number of nitrogens with zero attached hydrogens (tertiary/aromatic N) is 3. The number of ether oxygens (including phenoxy) is 2. The Labute approximate surface area is 206 Å². The monoisotopic (exact) mass is 527 g/mol. The molecule has 0 saturated heterocycles. The summed E-state index contributed by atoms with van der Waals surface area (Å²) in [5, 5.41) is 13.7. The average Bonchev–Trinajstić information content (AvgIpc) is 3.22. The second kappa shape index (κ2) is 12.0. The molecule has 0 atom stereocenters. The summed E-state index contributed by atoms with van der Waals surface area (Å²) in [6, 6.07) is 12.8. The van der Waals surface area contributed by atoms with Gasteiger partial charge in [-0.2, -0.15) is 0 Å². The van der Waals surface area contributed by atoms with Crippen molar-refractivity contribution in [3.8, 4) is 11.5 Å². The normalized spacial score (nSPS) is 10.8. The van der Waals surface area contributed by atoms with Crippen molar-refractivity contribution in [2.24, 2.45) is 0 Å².